The highest BCUT2D eigenvalue weighted by Gasteiger charge is 2.19. The number of hydrogen-bond donors (Lipinski definition) is 1. The predicted octanol–water partition coefficient (Wildman–Crippen LogP) is 3.60. The van der Waals surface area contributed by atoms with E-state index in [-0.39, 0.29) is 11.7 Å². The minimum absolute atomic E-state index is 0.136. The fourth-order valence-electron chi connectivity index (χ4n) is 2.49. The molecule has 0 spiro atoms. The third kappa shape index (κ3) is 3.64. The lowest BCUT2D eigenvalue weighted by Crippen LogP contribution is -2.22. The molecule has 3 rings (SSSR count). The van der Waals surface area contributed by atoms with Crippen molar-refractivity contribution in [3.8, 4) is 11.5 Å². The van der Waals surface area contributed by atoms with Gasteiger partial charge in [-0.05, 0) is 37.3 Å². The Morgan fingerprint density at radius 3 is 2.46 bits per heavy atom. The van der Waals surface area contributed by atoms with E-state index in [0.717, 1.165) is 5.56 Å². The highest BCUT2D eigenvalue weighted by molar-refractivity contribution is 6.04. The van der Waals surface area contributed by atoms with Crippen LogP contribution in [-0.4, -0.2) is 35.8 Å². The molecule has 3 aromatic rings. The maximum atomic E-state index is 12.6. The van der Waals surface area contributed by atoms with Gasteiger partial charge < -0.3 is 14.6 Å². The molecular formula is C20H19N3O3. The molecule has 1 heterocycles. The van der Waals surface area contributed by atoms with E-state index in [2.05, 4.69) is 10.3 Å². The van der Waals surface area contributed by atoms with Gasteiger partial charge in [0.1, 0.15) is 0 Å². The average Bonchev–Trinajstić information content (AvgIpc) is 3.04. The van der Waals surface area contributed by atoms with Crippen LogP contribution in [0.3, 0.4) is 0 Å². The third-order valence-corrected chi connectivity index (χ3v) is 3.80. The number of nitrogens with zero attached hydrogens (tertiary/aromatic N) is 2. The number of amides is 2. The van der Waals surface area contributed by atoms with Crippen LogP contribution in [0.4, 0.5) is 5.69 Å². The van der Waals surface area contributed by atoms with Crippen molar-refractivity contribution in [3.63, 3.8) is 0 Å². The van der Waals surface area contributed by atoms with Crippen LogP contribution in [0, 0.1) is 6.92 Å². The summed E-state index contributed by atoms with van der Waals surface area (Å²) in [5, 5.41) is 2.75. The summed E-state index contributed by atoms with van der Waals surface area (Å²) < 4.78 is 5.65. The Morgan fingerprint density at radius 2 is 1.77 bits per heavy atom. The molecule has 6 nitrogen and oxygen atoms in total. The molecule has 0 saturated carbocycles. The van der Waals surface area contributed by atoms with Crippen LogP contribution in [0.2, 0.25) is 0 Å². The quantitative estimate of drug-likeness (QED) is 0.781. The van der Waals surface area contributed by atoms with Gasteiger partial charge in [0.2, 0.25) is 11.7 Å². The molecule has 6 heteroatoms. The van der Waals surface area contributed by atoms with E-state index in [1.807, 2.05) is 30.3 Å². The second kappa shape index (κ2) is 7.23. The van der Waals surface area contributed by atoms with Crippen LogP contribution < -0.4 is 5.32 Å². The number of anilines is 1. The van der Waals surface area contributed by atoms with Crippen LogP contribution in [0.1, 0.15) is 26.6 Å². The molecule has 0 saturated heterocycles. The Bertz CT molecular complexity index is 946. The maximum absolute atomic E-state index is 12.6. The van der Waals surface area contributed by atoms with Gasteiger partial charge in [-0.1, -0.05) is 24.3 Å². The summed E-state index contributed by atoms with van der Waals surface area (Å²) in [5.41, 5.74) is 2.31. The van der Waals surface area contributed by atoms with E-state index in [0.29, 0.717) is 22.8 Å². The van der Waals surface area contributed by atoms with Crippen molar-refractivity contribution in [1.82, 2.24) is 9.88 Å². The van der Waals surface area contributed by atoms with Gasteiger partial charge in [0, 0.05) is 30.9 Å². The molecule has 0 aliphatic carbocycles. The summed E-state index contributed by atoms with van der Waals surface area (Å²) in [5.74, 6) is -0.00656. The van der Waals surface area contributed by atoms with Crippen molar-refractivity contribution in [2.75, 3.05) is 19.4 Å². The fourth-order valence-corrected chi connectivity index (χ4v) is 2.49. The van der Waals surface area contributed by atoms with Crippen LogP contribution in [0.5, 0.6) is 0 Å². The van der Waals surface area contributed by atoms with Gasteiger partial charge in [0.25, 0.3) is 11.8 Å². The Hall–Kier alpha value is -3.41. The van der Waals surface area contributed by atoms with Crippen molar-refractivity contribution in [2.45, 2.75) is 6.92 Å². The van der Waals surface area contributed by atoms with Gasteiger partial charge >= 0.3 is 0 Å². The Balaban J connectivity index is 1.82. The van der Waals surface area contributed by atoms with Crippen LogP contribution in [0.15, 0.2) is 59.0 Å². The highest BCUT2D eigenvalue weighted by atomic mass is 16.4. The van der Waals surface area contributed by atoms with E-state index < -0.39 is 5.91 Å². The second-order valence-corrected chi connectivity index (χ2v) is 6.03. The monoisotopic (exact) mass is 349 g/mol. The summed E-state index contributed by atoms with van der Waals surface area (Å²) in [4.78, 5) is 30.4. The van der Waals surface area contributed by atoms with Gasteiger partial charge in [0.15, 0.2) is 0 Å². The number of nitrogens with one attached hydrogen (secondary N) is 1. The molecule has 2 amide bonds. The van der Waals surface area contributed by atoms with E-state index in [1.54, 1.807) is 45.3 Å². The van der Waals surface area contributed by atoms with Crippen molar-refractivity contribution < 1.29 is 14.0 Å². The van der Waals surface area contributed by atoms with E-state index >= 15 is 0 Å². The van der Waals surface area contributed by atoms with Gasteiger partial charge in [-0.15, -0.1) is 0 Å². The fraction of sp³-hybridized carbons (Fsp3) is 0.150. The summed E-state index contributed by atoms with van der Waals surface area (Å²) in [6.07, 6.45) is 0. The minimum atomic E-state index is -0.411. The van der Waals surface area contributed by atoms with Gasteiger partial charge in [-0.2, -0.15) is 0 Å². The Morgan fingerprint density at radius 1 is 1.04 bits per heavy atom. The Labute approximate surface area is 151 Å². The molecule has 132 valence electrons. The van der Waals surface area contributed by atoms with Crippen molar-refractivity contribution in [1.29, 1.82) is 0 Å². The standard InChI is InChI=1S/C20H19N3O3/c1-13-17(26-19(21-13)14-8-5-4-6-9-14)18(24)22-16-11-7-10-15(12-16)20(25)23(2)3/h4-12H,1-3H3,(H,22,24). The topological polar surface area (TPSA) is 75.4 Å². The molecule has 0 aliphatic heterocycles. The highest BCUT2D eigenvalue weighted by Crippen LogP contribution is 2.22. The van der Waals surface area contributed by atoms with E-state index in [4.69, 9.17) is 4.42 Å². The molecule has 1 aromatic heterocycles. The molecule has 0 aliphatic rings. The summed E-state index contributed by atoms with van der Waals surface area (Å²) in [6.45, 7) is 1.72. The van der Waals surface area contributed by atoms with Crippen LogP contribution >= 0.6 is 0 Å². The molecular weight excluding hydrogens is 330 g/mol. The van der Waals surface area contributed by atoms with Gasteiger partial charge in [0.05, 0.1) is 5.69 Å². The van der Waals surface area contributed by atoms with Gasteiger partial charge in [-0.3, -0.25) is 9.59 Å². The lowest BCUT2D eigenvalue weighted by Gasteiger charge is -2.11. The van der Waals surface area contributed by atoms with E-state index in [1.165, 1.54) is 4.90 Å². The average molecular weight is 349 g/mol. The lowest BCUT2D eigenvalue weighted by molar-refractivity contribution is 0.0827. The first-order valence-corrected chi connectivity index (χ1v) is 8.11. The second-order valence-electron chi connectivity index (χ2n) is 6.03. The summed E-state index contributed by atoms with van der Waals surface area (Å²) in [6, 6.07) is 16.1. The lowest BCUT2D eigenvalue weighted by atomic mass is 10.2. The predicted molar refractivity (Wildman–Crippen MR) is 99.1 cm³/mol. The first-order chi connectivity index (χ1) is 12.5. The molecule has 0 bridgehead atoms. The molecule has 1 N–H and O–H groups in total. The molecule has 0 unspecified atom stereocenters. The van der Waals surface area contributed by atoms with Gasteiger partial charge in [-0.25, -0.2) is 4.98 Å². The van der Waals surface area contributed by atoms with Crippen molar-refractivity contribution >= 4 is 17.5 Å². The SMILES string of the molecule is Cc1nc(-c2ccccc2)oc1C(=O)Nc1cccc(C(=O)N(C)C)c1. The zero-order chi connectivity index (χ0) is 18.7. The molecule has 2 aromatic carbocycles. The number of benzene rings is 2. The number of aromatic nitrogens is 1. The molecule has 0 fully saturated rings. The third-order valence-electron chi connectivity index (χ3n) is 3.80. The van der Waals surface area contributed by atoms with E-state index in [9.17, 15) is 9.59 Å². The smallest absolute Gasteiger partial charge is 0.293 e. The number of aryl methyl sites for hydroxylation is 1. The molecule has 0 atom stereocenters. The first-order valence-electron chi connectivity index (χ1n) is 8.11. The zero-order valence-corrected chi connectivity index (χ0v) is 14.8. The minimum Gasteiger partial charge on any atom is -0.431 e. The number of oxazole rings is 1. The zero-order valence-electron chi connectivity index (χ0n) is 14.8. The number of carbonyl (C=O) groups is 2. The number of carbonyl (C=O) groups excluding carboxylic acids is 2. The first kappa shape index (κ1) is 17.4. The largest absolute Gasteiger partial charge is 0.431 e. The number of hydrogen-bond acceptors (Lipinski definition) is 4. The molecule has 0 radical (unpaired) electrons. The summed E-state index contributed by atoms with van der Waals surface area (Å²) >= 11 is 0. The maximum Gasteiger partial charge on any atom is 0.293 e. The summed E-state index contributed by atoms with van der Waals surface area (Å²) in [7, 11) is 3.35. The van der Waals surface area contributed by atoms with Crippen molar-refractivity contribution in [2.24, 2.45) is 0 Å². The Kier molecular flexibility index (Phi) is 4.84. The molecule has 26 heavy (non-hydrogen) atoms. The van der Waals surface area contributed by atoms with Crippen LogP contribution in [0.25, 0.3) is 11.5 Å². The normalized spacial score (nSPS) is 10.4. The van der Waals surface area contributed by atoms with Crippen LogP contribution in [-0.2, 0) is 0 Å². The number of rotatable bonds is 4. The van der Waals surface area contributed by atoms with Crippen molar-refractivity contribution in [3.05, 3.63) is 71.6 Å².